The van der Waals surface area contributed by atoms with Gasteiger partial charge in [0.15, 0.2) is 0 Å². The quantitative estimate of drug-likeness (QED) is 0.819. The van der Waals surface area contributed by atoms with E-state index in [2.05, 4.69) is 22.8 Å². The third-order valence-corrected chi connectivity index (χ3v) is 3.63. The first-order valence-corrected chi connectivity index (χ1v) is 7.39. The molecule has 2 rings (SSSR count). The molecule has 1 atom stereocenters. The van der Waals surface area contributed by atoms with Gasteiger partial charge in [0.05, 0.1) is 13.7 Å². The first-order chi connectivity index (χ1) is 10.2. The van der Waals surface area contributed by atoms with Gasteiger partial charge in [0.2, 0.25) is 0 Å². The zero-order valence-electron chi connectivity index (χ0n) is 12.7. The Morgan fingerprint density at radius 1 is 1.38 bits per heavy atom. The first kappa shape index (κ1) is 15.4. The van der Waals surface area contributed by atoms with Gasteiger partial charge in [-0.2, -0.15) is 5.10 Å². The fourth-order valence-corrected chi connectivity index (χ4v) is 2.43. The lowest BCUT2D eigenvalue weighted by Gasteiger charge is -2.18. The molecule has 1 aliphatic carbocycles. The molecular formula is C16H23N3O2. The number of carbonyl (C=O) groups is 1. The molecule has 0 spiro atoms. The van der Waals surface area contributed by atoms with Crippen LogP contribution in [0.3, 0.4) is 0 Å². The van der Waals surface area contributed by atoms with Gasteiger partial charge in [0, 0.05) is 11.4 Å². The van der Waals surface area contributed by atoms with Crippen molar-refractivity contribution in [1.82, 2.24) is 5.43 Å². The molecule has 0 aromatic heterocycles. The highest BCUT2D eigenvalue weighted by Gasteiger charge is 2.14. The number of hydrogen-bond donors (Lipinski definition) is 2. The average molecular weight is 289 g/mol. The number of amides is 1. The Balaban J connectivity index is 1.75. The number of methoxy groups -OCH3 is 1. The van der Waals surface area contributed by atoms with E-state index in [9.17, 15) is 4.79 Å². The summed E-state index contributed by atoms with van der Waals surface area (Å²) in [6.45, 7) is 2.43. The summed E-state index contributed by atoms with van der Waals surface area (Å²) in [5, 5.41) is 7.29. The van der Waals surface area contributed by atoms with Gasteiger partial charge in [0.1, 0.15) is 5.75 Å². The maximum Gasteiger partial charge on any atom is 0.259 e. The maximum absolute atomic E-state index is 11.8. The smallest absolute Gasteiger partial charge is 0.259 e. The largest absolute Gasteiger partial charge is 0.497 e. The van der Waals surface area contributed by atoms with Crippen molar-refractivity contribution in [2.24, 2.45) is 11.0 Å². The number of anilines is 1. The van der Waals surface area contributed by atoms with E-state index in [-0.39, 0.29) is 12.5 Å². The summed E-state index contributed by atoms with van der Waals surface area (Å²) in [4.78, 5) is 11.8. The zero-order chi connectivity index (χ0) is 15.1. The van der Waals surface area contributed by atoms with E-state index < -0.39 is 0 Å². The molecule has 114 valence electrons. The molecule has 0 saturated heterocycles. The summed E-state index contributed by atoms with van der Waals surface area (Å²) in [5.41, 5.74) is 4.61. The van der Waals surface area contributed by atoms with Crippen LogP contribution in [-0.2, 0) is 4.79 Å². The highest BCUT2D eigenvalue weighted by Crippen LogP contribution is 2.20. The van der Waals surface area contributed by atoms with Gasteiger partial charge in [-0.15, -0.1) is 0 Å². The van der Waals surface area contributed by atoms with Crippen molar-refractivity contribution in [2.75, 3.05) is 19.0 Å². The van der Waals surface area contributed by atoms with Crippen LogP contribution in [0.5, 0.6) is 5.75 Å². The van der Waals surface area contributed by atoms with Crippen molar-refractivity contribution >= 4 is 17.3 Å². The van der Waals surface area contributed by atoms with Crippen molar-refractivity contribution in [3.63, 3.8) is 0 Å². The van der Waals surface area contributed by atoms with Gasteiger partial charge in [0.25, 0.3) is 5.91 Å². The number of hydrazone groups is 1. The van der Waals surface area contributed by atoms with Crippen LogP contribution in [0.2, 0.25) is 0 Å². The monoisotopic (exact) mass is 289 g/mol. The molecule has 0 heterocycles. The van der Waals surface area contributed by atoms with Crippen LogP contribution in [0.15, 0.2) is 29.4 Å². The van der Waals surface area contributed by atoms with Gasteiger partial charge >= 0.3 is 0 Å². The van der Waals surface area contributed by atoms with Gasteiger partial charge in [-0.3, -0.25) is 4.79 Å². The van der Waals surface area contributed by atoms with E-state index >= 15 is 0 Å². The van der Waals surface area contributed by atoms with Crippen LogP contribution in [0.4, 0.5) is 5.69 Å². The van der Waals surface area contributed by atoms with E-state index in [1.54, 1.807) is 7.11 Å². The number of carbonyl (C=O) groups excluding carboxylic acids is 1. The molecule has 0 aliphatic heterocycles. The standard InChI is InChI=1S/C16H23N3O2/c1-12-4-3-5-14(10-12)18-19-16(20)11-17-13-6-8-15(21-2)9-7-13/h6-9,12,17H,3-5,10-11H2,1-2H3,(H,19,20)/b18-14+. The van der Waals surface area contributed by atoms with E-state index in [4.69, 9.17) is 4.74 Å². The highest BCUT2D eigenvalue weighted by atomic mass is 16.5. The molecule has 2 N–H and O–H groups in total. The van der Waals surface area contributed by atoms with Crippen molar-refractivity contribution in [2.45, 2.75) is 32.6 Å². The molecule has 1 aromatic rings. The second kappa shape index (κ2) is 7.67. The molecule has 0 radical (unpaired) electrons. The molecule has 1 aliphatic rings. The van der Waals surface area contributed by atoms with Crippen LogP contribution >= 0.6 is 0 Å². The lowest BCUT2D eigenvalue weighted by Crippen LogP contribution is -2.27. The van der Waals surface area contributed by atoms with Gasteiger partial charge in [-0.05, 0) is 55.9 Å². The fourth-order valence-electron chi connectivity index (χ4n) is 2.43. The molecule has 1 aromatic carbocycles. The predicted octanol–water partition coefficient (Wildman–Crippen LogP) is 2.79. The van der Waals surface area contributed by atoms with Crippen LogP contribution < -0.4 is 15.5 Å². The topological polar surface area (TPSA) is 62.7 Å². The normalized spacial score (nSPS) is 20.1. The second-order valence-corrected chi connectivity index (χ2v) is 5.50. The number of hydrogen-bond acceptors (Lipinski definition) is 4. The molecule has 1 saturated carbocycles. The fraction of sp³-hybridized carbons (Fsp3) is 0.500. The minimum Gasteiger partial charge on any atom is -0.497 e. The van der Waals surface area contributed by atoms with E-state index in [1.807, 2.05) is 24.3 Å². The lowest BCUT2D eigenvalue weighted by atomic mass is 9.89. The summed E-state index contributed by atoms with van der Waals surface area (Å²) in [6, 6.07) is 7.45. The second-order valence-electron chi connectivity index (χ2n) is 5.50. The molecule has 1 unspecified atom stereocenters. The average Bonchev–Trinajstić information content (AvgIpc) is 2.51. The molecule has 1 fully saturated rings. The molecule has 5 nitrogen and oxygen atoms in total. The number of nitrogens with one attached hydrogen (secondary N) is 2. The third-order valence-electron chi connectivity index (χ3n) is 3.63. The van der Waals surface area contributed by atoms with E-state index in [1.165, 1.54) is 12.8 Å². The summed E-state index contributed by atoms with van der Waals surface area (Å²) < 4.78 is 5.08. The summed E-state index contributed by atoms with van der Waals surface area (Å²) in [7, 11) is 1.63. The Bertz CT molecular complexity index is 497. The summed E-state index contributed by atoms with van der Waals surface area (Å²) >= 11 is 0. The van der Waals surface area contributed by atoms with Crippen molar-refractivity contribution in [3.8, 4) is 5.75 Å². The Morgan fingerprint density at radius 3 is 2.81 bits per heavy atom. The van der Waals surface area contributed by atoms with Crippen LogP contribution in [0.25, 0.3) is 0 Å². The minimum absolute atomic E-state index is 0.128. The molecule has 0 bridgehead atoms. The summed E-state index contributed by atoms with van der Waals surface area (Å²) in [6.07, 6.45) is 4.41. The predicted molar refractivity (Wildman–Crippen MR) is 84.7 cm³/mol. The van der Waals surface area contributed by atoms with Crippen LogP contribution in [0, 0.1) is 5.92 Å². The van der Waals surface area contributed by atoms with Gasteiger partial charge in [-0.25, -0.2) is 5.43 Å². The lowest BCUT2D eigenvalue weighted by molar-refractivity contribution is -0.119. The van der Waals surface area contributed by atoms with E-state index in [0.717, 1.165) is 30.0 Å². The maximum atomic E-state index is 11.8. The SMILES string of the molecule is COc1ccc(NCC(=O)N/N=C2\CCCC(C)C2)cc1. The number of nitrogens with zero attached hydrogens (tertiary/aromatic N) is 1. The Hall–Kier alpha value is -2.04. The van der Waals surface area contributed by atoms with Crippen LogP contribution in [0.1, 0.15) is 32.6 Å². The summed E-state index contributed by atoms with van der Waals surface area (Å²) in [5.74, 6) is 1.34. The zero-order valence-corrected chi connectivity index (χ0v) is 12.7. The van der Waals surface area contributed by atoms with Gasteiger partial charge < -0.3 is 10.1 Å². The molecule has 1 amide bonds. The first-order valence-electron chi connectivity index (χ1n) is 7.39. The van der Waals surface area contributed by atoms with Crippen molar-refractivity contribution in [3.05, 3.63) is 24.3 Å². The number of benzene rings is 1. The van der Waals surface area contributed by atoms with Crippen molar-refractivity contribution < 1.29 is 9.53 Å². The number of ether oxygens (including phenoxy) is 1. The number of rotatable bonds is 5. The minimum atomic E-state index is -0.128. The van der Waals surface area contributed by atoms with Crippen LogP contribution in [-0.4, -0.2) is 25.3 Å². The van der Waals surface area contributed by atoms with E-state index in [0.29, 0.717) is 5.92 Å². The Kier molecular flexibility index (Phi) is 5.60. The highest BCUT2D eigenvalue weighted by molar-refractivity contribution is 5.87. The van der Waals surface area contributed by atoms with Crippen molar-refractivity contribution in [1.29, 1.82) is 0 Å². The molecule has 5 heteroatoms. The third kappa shape index (κ3) is 5.10. The Morgan fingerprint density at radius 2 is 2.14 bits per heavy atom. The Labute approximate surface area is 125 Å². The molecular weight excluding hydrogens is 266 g/mol. The molecule has 21 heavy (non-hydrogen) atoms. The van der Waals surface area contributed by atoms with Gasteiger partial charge in [-0.1, -0.05) is 6.92 Å².